The van der Waals surface area contributed by atoms with Gasteiger partial charge in [0.1, 0.15) is 0 Å². The summed E-state index contributed by atoms with van der Waals surface area (Å²) < 4.78 is 0. The van der Waals surface area contributed by atoms with E-state index in [9.17, 15) is 5.11 Å². The van der Waals surface area contributed by atoms with Crippen LogP contribution in [0.3, 0.4) is 0 Å². The lowest BCUT2D eigenvalue weighted by Crippen LogP contribution is -2.40. The summed E-state index contributed by atoms with van der Waals surface area (Å²) in [4.78, 5) is 0. The maximum absolute atomic E-state index is 9.88. The van der Waals surface area contributed by atoms with Gasteiger partial charge in [-0.15, -0.1) is 0 Å². The minimum atomic E-state index is -0.164. The zero-order chi connectivity index (χ0) is 11.9. The van der Waals surface area contributed by atoms with E-state index >= 15 is 0 Å². The van der Waals surface area contributed by atoms with Crippen molar-refractivity contribution in [1.82, 2.24) is 0 Å². The number of hydrogen-bond acceptors (Lipinski definition) is 1. The predicted octanol–water partition coefficient (Wildman–Crippen LogP) is 3.70. The molecule has 2 aliphatic carbocycles. The molecule has 1 heteroatoms. The highest BCUT2D eigenvalue weighted by Crippen LogP contribution is 2.52. The van der Waals surface area contributed by atoms with Crippen LogP contribution in [0.15, 0.2) is 23.8 Å². The van der Waals surface area contributed by atoms with E-state index in [4.69, 9.17) is 0 Å². The molecule has 1 nitrogen and oxygen atoms in total. The Morgan fingerprint density at radius 1 is 1.44 bits per heavy atom. The van der Waals surface area contributed by atoms with Crippen molar-refractivity contribution in [2.75, 3.05) is 0 Å². The fraction of sp³-hybridized carbons (Fsp3) is 0.733. The molecule has 1 saturated carbocycles. The van der Waals surface area contributed by atoms with Crippen LogP contribution in [-0.2, 0) is 0 Å². The van der Waals surface area contributed by atoms with Crippen LogP contribution in [0.5, 0.6) is 0 Å². The Balaban J connectivity index is 2.24. The van der Waals surface area contributed by atoms with Crippen LogP contribution in [0.25, 0.3) is 0 Å². The number of fused-ring (bicyclic) bond motifs is 1. The highest BCUT2D eigenvalue weighted by atomic mass is 16.3. The van der Waals surface area contributed by atoms with Crippen LogP contribution in [0.4, 0.5) is 0 Å². The third-order valence-electron chi connectivity index (χ3n) is 4.55. The van der Waals surface area contributed by atoms with E-state index in [-0.39, 0.29) is 11.5 Å². The Kier molecular flexibility index (Phi) is 3.00. The van der Waals surface area contributed by atoms with E-state index < -0.39 is 0 Å². The zero-order valence-electron chi connectivity index (χ0n) is 10.8. The molecular weight excluding hydrogens is 196 g/mol. The summed E-state index contributed by atoms with van der Waals surface area (Å²) in [6.07, 6.45) is 6.28. The van der Waals surface area contributed by atoms with E-state index in [0.717, 1.165) is 19.3 Å². The van der Waals surface area contributed by atoms with Crippen LogP contribution in [0, 0.1) is 17.3 Å². The van der Waals surface area contributed by atoms with Gasteiger partial charge in [0.2, 0.25) is 0 Å². The van der Waals surface area contributed by atoms with Crippen LogP contribution >= 0.6 is 0 Å². The average molecular weight is 220 g/mol. The second kappa shape index (κ2) is 4.03. The van der Waals surface area contributed by atoms with Crippen LogP contribution < -0.4 is 0 Å². The first-order valence-electron chi connectivity index (χ1n) is 6.47. The summed E-state index contributed by atoms with van der Waals surface area (Å²) in [5.41, 5.74) is 3.11. The second-order valence-electron chi connectivity index (χ2n) is 6.27. The maximum Gasteiger partial charge on any atom is 0.0582 e. The van der Waals surface area contributed by atoms with E-state index in [1.165, 1.54) is 12.0 Å². The molecule has 2 aliphatic rings. The minimum absolute atomic E-state index is 0.164. The van der Waals surface area contributed by atoms with E-state index in [2.05, 4.69) is 33.4 Å². The van der Waals surface area contributed by atoms with Crippen molar-refractivity contribution in [3.8, 4) is 0 Å². The van der Waals surface area contributed by atoms with Gasteiger partial charge >= 0.3 is 0 Å². The molecule has 2 rings (SSSR count). The van der Waals surface area contributed by atoms with Crippen molar-refractivity contribution < 1.29 is 5.11 Å². The number of hydrogen-bond donors (Lipinski definition) is 1. The molecule has 1 N–H and O–H groups in total. The molecular formula is C15H24O. The third-order valence-corrected chi connectivity index (χ3v) is 4.55. The second-order valence-corrected chi connectivity index (χ2v) is 6.27. The smallest absolute Gasteiger partial charge is 0.0582 e. The molecule has 3 unspecified atom stereocenters. The fourth-order valence-corrected chi connectivity index (χ4v) is 3.46. The van der Waals surface area contributed by atoms with Gasteiger partial charge in [0.15, 0.2) is 0 Å². The number of allylic oxidation sites excluding steroid dienone is 2. The summed E-state index contributed by atoms with van der Waals surface area (Å²) in [6.45, 7) is 11.1. The number of aliphatic hydroxyl groups is 1. The Morgan fingerprint density at radius 3 is 2.75 bits per heavy atom. The largest absolute Gasteiger partial charge is 0.393 e. The Morgan fingerprint density at radius 2 is 2.12 bits per heavy atom. The van der Waals surface area contributed by atoms with Crippen LogP contribution in [0.2, 0.25) is 0 Å². The number of aliphatic hydroxyl groups excluding tert-OH is 1. The summed E-state index contributed by atoms with van der Waals surface area (Å²) in [7, 11) is 0. The molecule has 0 saturated heterocycles. The molecule has 0 bridgehead atoms. The van der Waals surface area contributed by atoms with Crippen molar-refractivity contribution in [2.24, 2.45) is 17.3 Å². The summed E-state index contributed by atoms with van der Waals surface area (Å²) >= 11 is 0. The van der Waals surface area contributed by atoms with Gasteiger partial charge in [0.05, 0.1) is 6.10 Å². The molecule has 0 spiro atoms. The van der Waals surface area contributed by atoms with Gasteiger partial charge in [0, 0.05) is 0 Å². The lowest BCUT2D eigenvalue weighted by atomic mass is 9.58. The first kappa shape index (κ1) is 11.9. The van der Waals surface area contributed by atoms with Crippen molar-refractivity contribution in [1.29, 1.82) is 0 Å². The highest BCUT2D eigenvalue weighted by Gasteiger charge is 2.43. The van der Waals surface area contributed by atoms with E-state index in [1.807, 2.05) is 0 Å². The van der Waals surface area contributed by atoms with Gasteiger partial charge in [-0.3, -0.25) is 0 Å². The fourth-order valence-electron chi connectivity index (χ4n) is 3.46. The van der Waals surface area contributed by atoms with Gasteiger partial charge in [-0.25, -0.2) is 0 Å². The lowest BCUT2D eigenvalue weighted by Gasteiger charge is -2.47. The van der Waals surface area contributed by atoms with Crippen molar-refractivity contribution >= 4 is 0 Å². The SMILES string of the molecule is C=C1CC(O)CC2(C)CC=C(C(C)C)CC12. The molecule has 0 aliphatic heterocycles. The molecule has 0 aromatic rings. The zero-order valence-corrected chi connectivity index (χ0v) is 10.8. The predicted molar refractivity (Wildman–Crippen MR) is 68.1 cm³/mol. The third kappa shape index (κ3) is 1.98. The van der Waals surface area contributed by atoms with Crippen LogP contribution in [-0.4, -0.2) is 11.2 Å². The normalized spacial score (nSPS) is 39.6. The topological polar surface area (TPSA) is 20.2 Å². The standard InChI is InChI=1S/C15H24O/c1-10(2)12-5-6-15(4)9-13(16)7-11(3)14(15)8-12/h5,10,13-14,16H,3,6-9H2,1-2,4H3. The summed E-state index contributed by atoms with van der Waals surface area (Å²) in [5.74, 6) is 1.25. The molecule has 0 aromatic heterocycles. The maximum atomic E-state index is 9.88. The quantitative estimate of drug-likeness (QED) is 0.668. The number of rotatable bonds is 1. The van der Waals surface area contributed by atoms with E-state index in [1.54, 1.807) is 5.57 Å². The molecule has 3 atom stereocenters. The minimum Gasteiger partial charge on any atom is -0.393 e. The van der Waals surface area contributed by atoms with Crippen molar-refractivity contribution in [3.63, 3.8) is 0 Å². The Hall–Kier alpha value is -0.560. The highest BCUT2D eigenvalue weighted by molar-refractivity contribution is 5.23. The monoisotopic (exact) mass is 220 g/mol. The average Bonchev–Trinajstić information content (AvgIpc) is 2.15. The molecule has 16 heavy (non-hydrogen) atoms. The van der Waals surface area contributed by atoms with Gasteiger partial charge < -0.3 is 5.11 Å². The van der Waals surface area contributed by atoms with Crippen molar-refractivity contribution in [3.05, 3.63) is 23.8 Å². The summed E-state index contributed by atoms with van der Waals surface area (Å²) in [5, 5.41) is 9.88. The first-order valence-corrected chi connectivity index (χ1v) is 6.47. The van der Waals surface area contributed by atoms with Gasteiger partial charge in [-0.2, -0.15) is 0 Å². The van der Waals surface area contributed by atoms with Gasteiger partial charge in [-0.1, -0.05) is 44.6 Å². The van der Waals surface area contributed by atoms with Gasteiger partial charge in [0.25, 0.3) is 0 Å². The molecule has 90 valence electrons. The van der Waals surface area contributed by atoms with E-state index in [0.29, 0.717) is 11.8 Å². The van der Waals surface area contributed by atoms with Crippen molar-refractivity contribution in [2.45, 2.75) is 52.6 Å². The first-order chi connectivity index (χ1) is 7.42. The molecule has 0 amide bonds. The summed E-state index contributed by atoms with van der Waals surface area (Å²) in [6, 6.07) is 0. The van der Waals surface area contributed by atoms with Crippen LogP contribution in [0.1, 0.15) is 46.5 Å². The lowest BCUT2D eigenvalue weighted by molar-refractivity contribution is 0.0415. The molecule has 0 heterocycles. The van der Waals surface area contributed by atoms with Gasteiger partial charge in [-0.05, 0) is 42.9 Å². The Bertz CT molecular complexity index is 326. The molecule has 0 radical (unpaired) electrons. The molecule has 1 fully saturated rings. The molecule has 0 aromatic carbocycles. The Labute approximate surface area is 99.3 Å².